The summed E-state index contributed by atoms with van der Waals surface area (Å²) in [5.74, 6) is 0.313. The Labute approximate surface area is 274 Å². The Bertz CT molecular complexity index is 1680. The van der Waals surface area contributed by atoms with Gasteiger partial charge in [0, 0.05) is 23.0 Å². The Hall–Kier alpha value is -4.15. The second-order valence-corrected chi connectivity index (χ2v) is 14.6. The summed E-state index contributed by atoms with van der Waals surface area (Å²) >= 11 is 3.45. The van der Waals surface area contributed by atoms with Gasteiger partial charge in [-0.15, -0.1) is 0 Å². The van der Waals surface area contributed by atoms with Crippen molar-refractivity contribution >= 4 is 43.5 Å². The predicted molar refractivity (Wildman–Crippen MR) is 182 cm³/mol. The first-order valence-corrected chi connectivity index (χ1v) is 17.1. The number of benzene rings is 4. The molecule has 4 aromatic carbocycles. The maximum atomic E-state index is 14.3. The van der Waals surface area contributed by atoms with E-state index in [1.807, 2.05) is 106 Å². The molecule has 45 heavy (non-hydrogen) atoms. The van der Waals surface area contributed by atoms with Crippen LogP contribution in [0.2, 0.25) is 0 Å². The topological polar surface area (TPSA) is 96.0 Å². The summed E-state index contributed by atoms with van der Waals surface area (Å²) in [7, 11) is -3.89. The molecular formula is C35H38BrN3O5S. The van der Waals surface area contributed by atoms with Crippen LogP contribution in [0.4, 0.5) is 5.69 Å². The fourth-order valence-electron chi connectivity index (χ4n) is 4.71. The minimum Gasteiger partial charge on any atom is -0.457 e. The lowest BCUT2D eigenvalue weighted by molar-refractivity contribution is -0.140. The fraction of sp³-hybridized carbons (Fsp3) is 0.257. The number of carbonyl (C=O) groups excluding carboxylic acids is 2. The number of sulfonamides is 1. The number of halogens is 1. The minimum absolute atomic E-state index is 0.0998. The summed E-state index contributed by atoms with van der Waals surface area (Å²) in [5, 5.41) is 3.03. The van der Waals surface area contributed by atoms with Crippen LogP contribution < -0.4 is 14.4 Å². The number of anilines is 1. The Kier molecular flexibility index (Phi) is 11.1. The number of hydrogen-bond acceptors (Lipinski definition) is 5. The molecule has 1 N–H and O–H groups in total. The Morgan fingerprint density at radius 1 is 0.800 bits per heavy atom. The average Bonchev–Trinajstić information content (AvgIpc) is 2.98. The number of carbonyl (C=O) groups is 2. The van der Waals surface area contributed by atoms with Gasteiger partial charge in [-0.25, -0.2) is 8.42 Å². The van der Waals surface area contributed by atoms with E-state index in [1.54, 1.807) is 24.3 Å². The van der Waals surface area contributed by atoms with Crippen molar-refractivity contribution in [1.29, 1.82) is 0 Å². The van der Waals surface area contributed by atoms with E-state index in [9.17, 15) is 18.0 Å². The van der Waals surface area contributed by atoms with Crippen LogP contribution in [-0.2, 0) is 32.6 Å². The molecule has 0 aliphatic heterocycles. The second-order valence-electron chi connectivity index (χ2n) is 11.8. The Morgan fingerprint density at radius 3 is 1.91 bits per heavy atom. The molecule has 0 fully saturated rings. The summed E-state index contributed by atoms with van der Waals surface area (Å²) in [5.41, 5.74) is 1.41. The molecule has 0 aromatic heterocycles. The van der Waals surface area contributed by atoms with E-state index in [4.69, 9.17) is 4.74 Å². The van der Waals surface area contributed by atoms with Crippen molar-refractivity contribution in [2.24, 2.45) is 0 Å². The van der Waals surface area contributed by atoms with Crippen LogP contribution >= 0.6 is 15.9 Å². The summed E-state index contributed by atoms with van der Waals surface area (Å²) in [4.78, 5) is 29.6. The first-order chi connectivity index (χ1) is 21.3. The third-order valence-corrected chi connectivity index (χ3v) is 8.49. The number of para-hydroxylation sites is 1. The number of amides is 2. The van der Waals surface area contributed by atoms with Gasteiger partial charge in [0.1, 0.15) is 24.1 Å². The molecule has 0 bridgehead atoms. The predicted octanol–water partition coefficient (Wildman–Crippen LogP) is 6.56. The van der Waals surface area contributed by atoms with Crippen molar-refractivity contribution in [2.75, 3.05) is 17.1 Å². The van der Waals surface area contributed by atoms with Crippen molar-refractivity contribution < 1.29 is 22.7 Å². The molecule has 0 spiro atoms. The maximum absolute atomic E-state index is 14.3. The van der Waals surface area contributed by atoms with Crippen LogP contribution in [0.15, 0.2) is 114 Å². The van der Waals surface area contributed by atoms with E-state index in [0.29, 0.717) is 17.2 Å². The van der Waals surface area contributed by atoms with Gasteiger partial charge < -0.3 is 15.0 Å². The zero-order chi connectivity index (χ0) is 32.6. The van der Waals surface area contributed by atoms with Gasteiger partial charge in [-0.2, -0.15) is 0 Å². The van der Waals surface area contributed by atoms with Gasteiger partial charge in [-0.05, 0) is 80.4 Å². The van der Waals surface area contributed by atoms with Gasteiger partial charge in [0.15, 0.2) is 0 Å². The summed E-state index contributed by atoms with van der Waals surface area (Å²) in [6.45, 7) is 5.23. The van der Waals surface area contributed by atoms with Gasteiger partial charge >= 0.3 is 0 Å². The fourth-order valence-corrected chi connectivity index (χ4v) is 5.83. The molecule has 0 saturated carbocycles. The molecule has 4 rings (SSSR count). The molecular weight excluding hydrogens is 654 g/mol. The molecule has 0 heterocycles. The van der Waals surface area contributed by atoms with Crippen LogP contribution in [0.25, 0.3) is 0 Å². The van der Waals surface area contributed by atoms with Crippen molar-refractivity contribution in [3.05, 3.63) is 125 Å². The van der Waals surface area contributed by atoms with Gasteiger partial charge in [0.2, 0.25) is 21.8 Å². The van der Waals surface area contributed by atoms with E-state index in [2.05, 4.69) is 21.2 Å². The first-order valence-electron chi connectivity index (χ1n) is 14.5. The van der Waals surface area contributed by atoms with Crippen molar-refractivity contribution in [3.8, 4) is 11.5 Å². The maximum Gasteiger partial charge on any atom is 0.244 e. The number of rotatable bonds is 12. The smallest absolute Gasteiger partial charge is 0.244 e. The summed E-state index contributed by atoms with van der Waals surface area (Å²) in [6, 6.07) is 31.7. The first kappa shape index (κ1) is 33.7. The third-order valence-electron chi connectivity index (χ3n) is 6.82. The number of hydrogen-bond donors (Lipinski definition) is 1. The summed E-state index contributed by atoms with van der Waals surface area (Å²) < 4.78 is 33.9. The van der Waals surface area contributed by atoms with E-state index in [1.165, 1.54) is 4.90 Å². The standard InChI is InChI=1S/C35H38BrN3O5S/c1-35(2,3)37-34(41)32(23-26-11-7-5-8-12-26)38(24-27-15-17-28(36)18-16-27)33(40)25-39(45(4,42)43)29-19-21-31(22-20-29)44-30-13-9-6-10-14-30/h5-22,32H,23-25H2,1-4H3,(H,37,41)/t32-/m1/s1. The third kappa shape index (κ3) is 10.2. The van der Waals surface area contributed by atoms with Crippen LogP contribution in [0.3, 0.4) is 0 Å². The van der Waals surface area contributed by atoms with E-state index >= 15 is 0 Å². The van der Waals surface area contributed by atoms with E-state index in [0.717, 1.165) is 26.2 Å². The quantitative estimate of drug-likeness (QED) is 0.182. The highest BCUT2D eigenvalue weighted by Crippen LogP contribution is 2.26. The normalized spacial score (nSPS) is 12.2. The van der Waals surface area contributed by atoms with Crippen LogP contribution in [-0.4, -0.2) is 49.5 Å². The molecule has 0 aliphatic carbocycles. The van der Waals surface area contributed by atoms with Crippen LogP contribution in [0.5, 0.6) is 11.5 Å². The lowest BCUT2D eigenvalue weighted by atomic mass is 10.0. The van der Waals surface area contributed by atoms with Crippen molar-refractivity contribution in [1.82, 2.24) is 10.2 Å². The number of nitrogens with one attached hydrogen (secondary N) is 1. The molecule has 0 radical (unpaired) electrons. The van der Waals surface area contributed by atoms with Crippen LogP contribution in [0, 0.1) is 0 Å². The molecule has 0 saturated heterocycles. The second kappa shape index (κ2) is 14.8. The van der Waals surface area contributed by atoms with Crippen molar-refractivity contribution in [2.45, 2.75) is 45.3 Å². The van der Waals surface area contributed by atoms with Crippen LogP contribution in [0.1, 0.15) is 31.9 Å². The average molecular weight is 693 g/mol. The number of nitrogens with zero attached hydrogens (tertiary/aromatic N) is 2. The lowest BCUT2D eigenvalue weighted by Crippen LogP contribution is -2.56. The highest BCUT2D eigenvalue weighted by molar-refractivity contribution is 9.10. The van der Waals surface area contributed by atoms with Gasteiger partial charge in [-0.1, -0.05) is 76.6 Å². The van der Waals surface area contributed by atoms with E-state index in [-0.39, 0.29) is 18.9 Å². The molecule has 236 valence electrons. The minimum atomic E-state index is -3.89. The zero-order valence-corrected chi connectivity index (χ0v) is 28.2. The molecule has 1 atom stereocenters. The zero-order valence-electron chi connectivity index (χ0n) is 25.8. The van der Waals surface area contributed by atoms with Gasteiger partial charge in [0.25, 0.3) is 0 Å². The SMILES string of the molecule is CC(C)(C)NC(=O)[C@@H](Cc1ccccc1)N(Cc1ccc(Br)cc1)C(=O)CN(c1ccc(Oc2ccccc2)cc1)S(C)(=O)=O. The van der Waals surface area contributed by atoms with Gasteiger partial charge in [0.05, 0.1) is 11.9 Å². The Balaban J connectivity index is 1.68. The molecule has 4 aromatic rings. The molecule has 10 heteroatoms. The monoisotopic (exact) mass is 691 g/mol. The van der Waals surface area contributed by atoms with Crippen molar-refractivity contribution in [3.63, 3.8) is 0 Å². The number of ether oxygens (including phenoxy) is 1. The van der Waals surface area contributed by atoms with Gasteiger partial charge in [-0.3, -0.25) is 13.9 Å². The molecule has 2 amide bonds. The van der Waals surface area contributed by atoms with E-state index < -0.39 is 34.1 Å². The highest BCUT2D eigenvalue weighted by atomic mass is 79.9. The molecule has 8 nitrogen and oxygen atoms in total. The molecule has 0 aliphatic rings. The highest BCUT2D eigenvalue weighted by Gasteiger charge is 2.34. The largest absolute Gasteiger partial charge is 0.457 e. The Morgan fingerprint density at radius 2 is 1.36 bits per heavy atom. The molecule has 0 unspecified atom stereocenters. The lowest BCUT2D eigenvalue weighted by Gasteiger charge is -2.35. The summed E-state index contributed by atoms with van der Waals surface area (Å²) in [6.07, 6.45) is 1.30.